The van der Waals surface area contributed by atoms with Crippen LogP contribution in [0.2, 0.25) is 0 Å². The molecule has 4 aromatic carbocycles. The molecule has 6 heteroatoms. The Kier molecular flexibility index (Phi) is 7.70. The number of allylic oxidation sites excluding steroid dienone is 8. The molecule has 0 fully saturated rings. The van der Waals surface area contributed by atoms with Crippen LogP contribution in [0.25, 0.3) is 33.4 Å². The van der Waals surface area contributed by atoms with Crippen LogP contribution in [0, 0.1) is 23.3 Å². The summed E-state index contributed by atoms with van der Waals surface area (Å²) in [4.78, 5) is 0. The van der Waals surface area contributed by atoms with Crippen molar-refractivity contribution in [1.29, 1.82) is 0 Å². The maximum absolute atomic E-state index is 15.3. The molecule has 43 heavy (non-hydrogen) atoms. The highest BCUT2D eigenvalue weighted by Gasteiger charge is 2.27. The van der Waals surface area contributed by atoms with Gasteiger partial charge in [-0.15, -0.1) is 0 Å². The van der Waals surface area contributed by atoms with Gasteiger partial charge in [0.05, 0.1) is 11.1 Å². The zero-order valence-corrected chi connectivity index (χ0v) is 23.2. The van der Waals surface area contributed by atoms with Crippen LogP contribution in [0.15, 0.2) is 120 Å². The molecule has 0 nitrogen and oxygen atoms in total. The summed E-state index contributed by atoms with van der Waals surface area (Å²) < 4.78 is 90.2. The highest BCUT2D eigenvalue weighted by atomic mass is 19.2. The molecule has 1 atom stereocenters. The molecule has 0 aromatic heterocycles. The number of fused-ring (bicyclic) bond motifs is 1. The van der Waals surface area contributed by atoms with Gasteiger partial charge in [-0.1, -0.05) is 97.1 Å². The maximum atomic E-state index is 15.3. The number of hydrogen-bond donors (Lipinski definition) is 0. The molecular formula is C37H26F6. The SMILES string of the molecule is C/C(F)=C(F)\C1=C/CCc2ccc(cc2)-c2ccc(cc2)-c2c(F)c(F)c(c(F)c2F)-c2ccc(cc2)C2C=CC1=CC2. The highest BCUT2D eigenvalue weighted by Crippen LogP contribution is 2.39. The van der Waals surface area contributed by atoms with Gasteiger partial charge in [0.1, 0.15) is 5.83 Å². The predicted molar refractivity (Wildman–Crippen MR) is 158 cm³/mol. The fourth-order valence-electron chi connectivity index (χ4n) is 5.70. The molecular weight excluding hydrogens is 558 g/mol. The van der Waals surface area contributed by atoms with Gasteiger partial charge in [0.15, 0.2) is 29.1 Å². The van der Waals surface area contributed by atoms with E-state index in [2.05, 4.69) is 0 Å². The van der Waals surface area contributed by atoms with E-state index >= 15 is 17.6 Å². The van der Waals surface area contributed by atoms with Crippen LogP contribution in [-0.2, 0) is 6.42 Å². The summed E-state index contributed by atoms with van der Waals surface area (Å²) in [5.41, 5.74) is 2.54. The van der Waals surface area contributed by atoms with Crippen molar-refractivity contribution >= 4 is 0 Å². The minimum atomic E-state index is -1.47. The molecule has 10 bridgehead atoms. The molecule has 0 aliphatic heterocycles. The average molecular weight is 585 g/mol. The van der Waals surface area contributed by atoms with Crippen molar-refractivity contribution in [2.45, 2.75) is 32.1 Å². The van der Waals surface area contributed by atoms with Crippen LogP contribution in [-0.4, -0.2) is 0 Å². The quantitative estimate of drug-likeness (QED) is 0.154. The number of hydrogen-bond acceptors (Lipinski definition) is 0. The Bertz CT molecular complexity index is 1790. The third-order valence-electron chi connectivity index (χ3n) is 8.08. The molecule has 9 aliphatic rings. The van der Waals surface area contributed by atoms with Crippen LogP contribution in [0.3, 0.4) is 0 Å². The topological polar surface area (TPSA) is 0 Å². The van der Waals surface area contributed by atoms with Crippen molar-refractivity contribution < 1.29 is 26.3 Å². The Morgan fingerprint density at radius 1 is 0.628 bits per heavy atom. The van der Waals surface area contributed by atoms with Gasteiger partial charge in [-0.2, -0.15) is 0 Å². The normalized spacial score (nSPS) is 18.0. The van der Waals surface area contributed by atoms with Crippen molar-refractivity contribution in [3.8, 4) is 33.4 Å². The standard InChI is InChI=1S/C37H26F6/c1-21(38)33(39)30-4-2-3-22-5-7-23(8-6-22)25-11-17-28(18-12-25)31-34(40)36(42)32(37(43)35(31)41)29-19-13-26(14-20-29)24-9-15-27(30)16-10-24/h4-9,11-20,24H,2-3,10H2,1H3/b30-4-,33-21-. The van der Waals surface area contributed by atoms with Gasteiger partial charge in [0, 0.05) is 11.5 Å². The summed E-state index contributed by atoms with van der Waals surface area (Å²) >= 11 is 0. The summed E-state index contributed by atoms with van der Waals surface area (Å²) in [5.74, 6) is -7.83. The summed E-state index contributed by atoms with van der Waals surface area (Å²) in [5, 5.41) is 0. The van der Waals surface area contributed by atoms with Gasteiger partial charge in [0.25, 0.3) is 0 Å². The Labute approximate surface area is 246 Å². The summed E-state index contributed by atoms with van der Waals surface area (Å²) in [7, 11) is 0. The van der Waals surface area contributed by atoms with Gasteiger partial charge in [-0.3, -0.25) is 0 Å². The van der Waals surface area contributed by atoms with Crippen molar-refractivity contribution in [1.82, 2.24) is 0 Å². The van der Waals surface area contributed by atoms with Crippen molar-refractivity contribution in [3.63, 3.8) is 0 Å². The lowest BCUT2D eigenvalue weighted by atomic mass is 9.86. The van der Waals surface area contributed by atoms with Gasteiger partial charge in [-0.05, 0) is 65.1 Å². The fourth-order valence-corrected chi connectivity index (χ4v) is 5.70. The first-order chi connectivity index (χ1) is 20.7. The molecule has 4 aromatic rings. The average Bonchev–Trinajstić information content (AvgIpc) is 3.03. The molecule has 0 heterocycles. The van der Waals surface area contributed by atoms with E-state index in [4.69, 9.17) is 0 Å². The lowest BCUT2D eigenvalue weighted by Crippen LogP contribution is -2.04. The zero-order valence-electron chi connectivity index (χ0n) is 23.2. The second kappa shape index (κ2) is 11.6. The Hall–Kier alpha value is -4.58. The highest BCUT2D eigenvalue weighted by molar-refractivity contribution is 5.75. The molecule has 1 unspecified atom stereocenters. The van der Waals surface area contributed by atoms with E-state index in [0.717, 1.165) is 29.2 Å². The van der Waals surface area contributed by atoms with Crippen LogP contribution in [0.5, 0.6) is 0 Å². The van der Waals surface area contributed by atoms with Gasteiger partial charge in [0.2, 0.25) is 0 Å². The molecule has 0 N–H and O–H groups in total. The summed E-state index contributed by atoms with van der Waals surface area (Å²) in [6.07, 6.45) is 8.69. The van der Waals surface area contributed by atoms with E-state index < -0.39 is 46.0 Å². The van der Waals surface area contributed by atoms with Gasteiger partial charge < -0.3 is 0 Å². The van der Waals surface area contributed by atoms with Crippen LogP contribution >= 0.6 is 0 Å². The third-order valence-corrected chi connectivity index (χ3v) is 8.08. The first-order valence-electron chi connectivity index (χ1n) is 14.0. The van der Waals surface area contributed by atoms with Crippen LogP contribution < -0.4 is 0 Å². The van der Waals surface area contributed by atoms with Crippen LogP contribution in [0.4, 0.5) is 26.3 Å². The molecule has 9 aliphatic carbocycles. The minimum absolute atomic E-state index is 0.00780. The lowest BCUT2D eigenvalue weighted by molar-refractivity contribution is 0.463. The molecule has 13 rings (SSSR count). The molecule has 0 radical (unpaired) electrons. The molecule has 216 valence electrons. The Morgan fingerprint density at radius 2 is 1.12 bits per heavy atom. The first-order valence-corrected chi connectivity index (χ1v) is 14.0. The van der Waals surface area contributed by atoms with Crippen molar-refractivity contribution in [2.24, 2.45) is 0 Å². The lowest BCUT2D eigenvalue weighted by Gasteiger charge is -2.19. The third kappa shape index (κ3) is 5.38. The summed E-state index contributed by atoms with van der Waals surface area (Å²) in [6, 6.07) is 19.8. The molecule has 0 saturated carbocycles. The second-order valence-corrected chi connectivity index (χ2v) is 10.8. The van der Waals surface area contributed by atoms with E-state index in [1.165, 1.54) is 24.3 Å². The van der Waals surface area contributed by atoms with Crippen LogP contribution in [0.1, 0.15) is 36.8 Å². The maximum Gasteiger partial charge on any atom is 0.170 e. The van der Waals surface area contributed by atoms with E-state index in [9.17, 15) is 8.78 Å². The van der Waals surface area contributed by atoms with Gasteiger partial charge in [-0.25, -0.2) is 26.3 Å². The second-order valence-electron chi connectivity index (χ2n) is 10.8. The zero-order chi connectivity index (χ0) is 30.2. The minimum Gasteiger partial charge on any atom is -0.209 e. The number of aryl methyl sites for hydroxylation is 1. The van der Waals surface area contributed by atoms with Gasteiger partial charge >= 0.3 is 0 Å². The largest absolute Gasteiger partial charge is 0.209 e. The molecule has 0 amide bonds. The smallest absolute Gasteiger partial charge is 0.170 e. The van der Waals surface area contributed by atoms with E-state index in [-0.39, 0.29) is 22.6 Å². The fraction of sp³-hybridized carbons (Fsp3) is 0.135. The number of benzene rings is 4. The first kappa shape index (κ1) is 28.5. The summed E-state index contributed by atoms with van der Waals surface area (Å²) in [6.45, 7) is 1.09. The predicted octanol–water partition coefficient (Wildman–Crippen LogP) is 11.3. The Balaban J connectivity index is 1.47. The number of rotatable bonds is 1. The van der Waals surface area contributed by atoms with E-state index in [1.54, 1.807) is 36.4 Å². The molecule has 0 saturated heterocycles. The Morgan fingerprint density at radius 3 is 1.60 bits per heavy atom. The number of halogens is 6. The van der Waals surface area contributed by atoms with E-state index in [1.807, 2.05) is 36.4 Å². The van der Waals surface area contributed by atoms with Crippen molar-refractivity contribution in [3.05, 3.63) is 154 Å². The molecule has 0 spiro atoms. The van der Waals surface area contributed by atoms with E-state index in [0.29, 0.717) is 24.8 Å². The monoisotopic (exact) mass is 584 g/mol. The van der Waals surface area contributed by atoms with Crippen molar-refractivity contribution in [2.75, 3.05) is 0 Å².